The number of carbonyl (C=O) groups excluding carboxylic acids is 2. The van der Waals surface area contributed by atoms with E-state index in [1.165, 1.54) is 6.08 Å². The van der Waals surface area contributed by atoms with Crippen LogP contribution in [0.3, 0.4) is 0 Å². The molecule has 0 aliphatic carbocycles. The SMILES string of the molecule is C[C@@H]1C[C@@H]2O[C@@H]2CC/C=C/C(=O)Cc2c(Cl)c(O)cc(O)c2C(=O)O1. The van der Waals surface area contributed by atoms with E-state index >= 15 is 0 Å². The highest BCUT2D eigenvalue weighted by Crippen LogP contribution is 2.38. The van der Waals surface area contributed by atoms with Crippen molar-refractivity contribution >= 4 is 23.4 Å². The van der Waals surface area contributed by atoms with Crippen LogP contribution in [0.4, 0.5) is 0 Å². The number of benzene rings is 1. The fraction of sp³-hybridized carbons (Fsp3) is 0.444. The van der Waals surface area contributed by atoms with Gasteiger partial charge in [0.2, 0.25) is 0 Å². The van der Waals surface area contributed by atoms with Gasteiger partial charge in [0, 0.05) is 24.5 Å². The molecular formula is C18H19ClO6. The first-order chi connectivity index (χ1) is 11.9. The number of carbonyl (C=O) groups is 2. The van der Waals surface area contributed by atoms with E-state index < -0.39 is 23.6 Å². The smallest absolute Gasteiger partial charge is 0.342 e. The second-order valence-electron chi connectivity index (χ2n) is 6.37. The Labute approximate surface area is 150 Å². The van der Waals surface area contributed by atoms with E-state index in [2.05, 4.69) is 0 Å². The van der Waals surface area contributed by atoms with E-state index in [0.717, 1.165) is 12.5 Å². The molecule has 0 bridgehead atoms. The number of halogens is 1. The predicted octanol–water partition coefficient (Wildman–Crippen LogP) is 2.92. The summed E-state index contributed by atoms with van der Waals surface area (Å²) in [4.78, 5) is 24.7. The zero-order valence-electron chi connectivity index (χ0n) is 13.7. The van der Waals surface area contributed by atoms with E-state index in [9.17, 15) is 19.8 Å². The topological polar surface area (TPSA) is 96.4 Å². The molecule has 2 heterocycles. The lowest BCUT2D eigenvalue weighted by atomic mass is 9.99. The van der Waals surface area contributed by atoms with Gasteiger partial charge in [-0.25, -0.2) is 4.79 Å². The number of hydrogen-bond donors (Lipinski definition) is 2. The van der Waals surface area contributed by atoms with Crippen LogP contribution in [0.2, 0.25) is 5.02 Å². The number of esters is 1. The summed E-state index contributed by atoms with van der Waals surface area (Å²) in [6.07, 6.45) is 4.74. The van der Waals surface area contributed by atoms with Gasteiger partial charge in [0.05, 0.1) is 17.2 Å². The van der Waals surface area contributed by atoms with E-state index in [4.69, 9.17) is 21.1 Å². The summed E-state index contributed by atoms with van der Waals surface area (Å²) in [6, 6.07) is 0.969. The quantitative estimate of drug-likeness (QED) is 0.541. The second-order valence-corrected chi connectivity index (χ2v) is 6.75. The van der Waals surface area contributed by atoms with Crippen LogP contribution < -0.4 is 0 Å². The van der Waals surface area contributed by atoms with Crippen molar-refractivity contribution in [3.63, 3.8) is 0 Å². The molecule has 6 nitrogen and oxygen atoms in total. The molecule has 1 saturated heterocycles. The number of phenols is 2. The average molecular weight is 367 g/mol. The first kappa shape index (κ1) is 17.8. The van der Waals surface area contributed by atoms with Gasteiger partial charge in [-0.05, 0) is 25.8 Å². The summed E-state index contributed by atoms with van der Waals surface area (Å²) in [7, 11) is 0. The molecule has 2 aliphatic rings. The normalized spacial score (nSPS) is 28.3. The number of rotatable bonds is 0. The molecule has 0 spiro atoms. The summed E-state index contributed by atoms with van der Waals surface area (Å²) in [6.45, 7) is 1.74. The minimum absolute atomic E-state index is 0.0336. The Balaban J connectivity index is 1.98. The maximum absolute atomic E-state index is 12.5. The summed E-state index contributed by atoms with van der Waals surface area (Å²) >= 11 is 6.07. The molecule has 1 aromatic rings. The highest BCUT2D eigenvalue weighted by Gasteiger charge is 2.39. The molecule has 0 radical (unpaired) electrons. The Kier molecular flexibility index (Phi) is 5.01. The van der Waals surface area contributed by atoms with Crippen LogP contribution in [0.25, 0.3) is 0 Å². The molecule has 1 aromatic carbocycles. The Morgan fingerprint density at radius 3 is 2.72 bits per heavy atom. The van der Waals surface area contributed by atoms with E-state index in [1.807, 2.05) is 0 Å². The number of ketones is 1. The molecule has 0 aromatic heterocycles. The molecule has 0 amide bonds. The van der Waals surface area contributed by atoms with Crippen LogP contribution in [0.5, 0.6) is 11.5 Å². The monoisotopic (exact) mass is 366 g/mol. The van der Waals surface area contributed by atoms with Crippen molar-refractivity contribution in [2.24, 2.45) is 0 Å². The van der Waals surface area contributed by atoms with Crippen LogP contribution in [0.15, 0.2) is 18.2 Å². The Hall–Kier alpha value is -2.05. The van der Waals surface area contributed by atoms with Crippen molar-refractivity contribution in [3.05, 3.63) is 34.4 Å². The maximum Gasteiger partial charge on any atom is 0.342 e. The molecule has 2 N–H and O–H groups in total. The fourth-order valence-corrected chi connectivity index (χ4v) is 3.26. The first-order valence-electron chi connectivity index (χ1n) is 8.16. The summed E-state index contributed by atoms with van der Waals surface area (Å²) in [5.74, 6) is -1.95. The molecule has 1 fully saturated rings. The predicted molar refractivity (Wildman–Crippen MR) is 90.0 cm³/mol. The fourth-order valence-electron chi connectivity index (χ4n) is 3.04. The number of fused-ring (bicyclic) bond motifs is 2. The van der Waals surface area contributed by atoms with Crippen molar-refractivity contribution in [1.29, 1.82) is 0 Å². The Morgan fingerprint density at radius 1 is 1.20 bits per heavy atom. The van der Waals surface area contributed by atoms with E-state index in [0.29, 0.717) is 12.8 Å². The van der Waals surface area contributed by atoms with E-state index in [-0.39, 0.29) is 40.6 Å². The lowest BCUT2D eigenvalue weighted by Crippen LogP contribution is -2.20. The molecule has 2 aliphatic heterocycles. The first-order valence-corrected chi connectivity index (χ1v) is 8.53. The molecule has 3 atom stereocenters. The second kappa shape index (κ2) is 7.06. The standard InChI is InChI=1S/C18H19ClO6/c1-9-6-15-14(25-15)5-3-2-4-10(20)7-11-16(18(23)24-9)12(21)8-13(22)17(11)19/h2,4,8-9,14-15,21-22H,3,5-7H2,1H3/b4-2+/t9-,14-,15+/m1/s1. The molecule has 0 unspecified atom stereocenters. The van der Waals surface area contributed by atoms with Crippen molar-refractivity contribution in [1.82, 2.24) is 0 Å². The average Bonchev–Trinajstić information content (AvgIpc) is 3.25. The van der Waals surface area contributed by atoms with Crippen LogP contribution >= 0.6 is 11.6 Å². The number of epoxide rings is 1. The third kappa shape index (κ3) is 3.96. The molecular weight excluding hydrogens is 348 g/mol. The zero-order chi connectivity index (χ0) is 18.1. The van der Waals surface area contributed by atoms with Gasteiger partial charge in [0.15, 0.2) is 5.78 Å². The van der Waals surface area contributed by atoms with Gasteiger partial charge in [-0.2, -0.15) is 0 Å². The summed E-state index contributed by atoms with van der Waals surface area (Å²) < 4.78 is 10.9. The van der Waals surface area contributed by atoms with Gasteiger partial charge in [-0.1, -0.05) is 17.7 Å². The molecule has 3 rings (SSSR count). The van der Waals surface area contributed by atoms with Gasteiger partial charge in [0.25, 0.3) is 0 Å². The maximum atomic E-state index is 12.5. The third-order valence-corrected chi connectivity index (χ3v) is 4.78. The van der Waals surface area contributed by atoms with Gasteiger partial charge in [-0.15, -0.1) is 0 Å². The Bertz CT molecular complexity index is 742. The minimum Gasteiger partial charge on any atom is -0.507 e. The highest BCUT2D eigenvalue weighted by atomic mass is 35.5. The third-order valence-electron chi connectivity index (χ3n) is 4.36. The van der Waals surface area contributed by atoms with Gasteiger partial charge < -0.3 is 19.7 Å². The number of aromatic hydroxyl groups is 2. The van der Waals surface area contributed by atoms with Crippen LogP contribution in [0, 0.1) is 0 Å². The lowest BCUT2D eigenvalue weighted by molar-refractivity contribution is -0.114. The summed E-state index contributed by atoms with van der Waals surface area (Å²) in [5.41, 5.74) is -0.134. The summed E-state index contributed by atoms with van der Waals surface area (Å²) in [5, 5.41) is 19.8. The lowest BCUT2D eigenvalue weighted by Gasteiger charge is -2.16. The number of ether oxygens (including phenoxy) is 2. The Morgan fingerprint density at radius 2 is 1.96 bits per heavy atom. The minimum atomic E-state index is -0.784. The van der Waals surface area contributed by atoms with Crippen LogP contribution in [-0.2, 0) is 20.7 Å². The molecule has 7 heteroatoms. The van der Waals surface area contributed by atoms with Crippen LogP contribution in [0.1, 0.15) is 42.1 Å². The van der Waals surface area contributed by atoms with Crippen molar-refractivity contribution < 1.29 is 29.3 Å². The highest BCUT2D eigenvalue weighted by molar-refractivity contribution is 6.33. The largest absolute Gasteiger partial charge is 0.507 e. The molecule has 0 saturated carbocycles. The number of phenolic OH excluding ortho intramolecular Hbond substituents is 2. The number of cyclic esters (lactones) is 1. The number of hydrogen-bond acceptors (Lipinski definition) is 6. The molecule has 25 heavy (non-hydrogen) atoms. The van der Waals surface area contributed by atoms with Gasteiger partial charge in [0.1, 0.15) is 23.2 Å². The van der Waals surface area contributed by atoms with Crippen molar-refractivity contribution in [2.45, 2.75) is 50.9 Å². The zero-order valence-corrected chi connectivity index (χ0v) is 14.5. The van der Waals surface area contributed by atoms with Gasteiger partial charge in [-0.3, -0.25) is 4.79 Å². The van der Waals surface area contributed by atoms with E-state index in [1.54, 1.807) is 13.0 Å². The number of allylic oxidation sites excluding steroid dienone is 2. The molecule has 134 valence electrons. The van der Waals surface area contributed by atoms with Crippen LogP contribution in [-0.4, -0.2) is 40.3 Å². The van der Waals surface area contributed by atoms with Gasteiger partial charge >= 0.3 is 5.97 Å². The van der Waals surface area contributed by atoms with Crippen molar-refractivity contribution in [3.8, 4) is 11.5 Å². The van der Waals surface area contributed by atoms with Crippen molar-refractivity contribution in [2.75, 3.05) is 0 Å².